The van der Waals surface area contributed by atoms with Crippen LogP contribution in [0.2, 0.25) is 0 Å². The molecule has 0 aliphatic heterocycles. The molecule has 0 aliphatic rings. The van der Waals surface area contributed by atoms with Crippen LogP contribution in [-0.2, 0) is 4.74 Å². The van der Waals surface area contributed by atoms with E-state index in [0.717, 1.165) is 6.42 Å². The molecule has 0 aliphatic carbocycles. The maximum Gasteiger partial charge on any atom is 0.254 e. The molecule has 1 amide bonds. The van der Waals surface area contributed by atoms with E-state index in [2.05, 4.69) is 21.2 Å². The lowest BCUT2D eigenvalue weighted by Crippen LogP contribution is -2.24. The average Bonchev–Trinajstić information content (AvgIpc) is 2.59. The normalized spacial score (nSPS) is 10.1. The molecule has 0 radical (unpaired) electrons. The molecule has 0 bridgehead atoms. The van der Waals surface area contributed by atoms with Gasteiger partial charge in [0.2, 0.25) is 0 Å². The first-order chi connectivity index (χ1) is 6.74. The van der Waals surface area contributed by atoms with Crippen LogP contribution >= 0.6 is 15.9 Å². The van der Waals surface area contributed by atoms with Crippen LogP contribution in [-0.4, -0.2) is 26.2 Å². The second kappa shape index (κ2) is 5.82. The number of furan rings is 1. The summed E-state index contributed by atoms with van der Waals surface area (Å²) in [5, 5.41) is 2.75. The maximum absolute atomic E-state index is 11.4. The molecule has 1 heterocycles. The zero-order valence-corrected chi connectivity index (χ0v) is 9.46. The van der Waals surface area contributed by atoms with Crippen molar-refractivity contribution >= 4 is 21.8 Å². The number of halogens is 1. The summed E-state index contributed by atoms with van der Waals surface area (Å²) in [5.74, 6) is -0.129. The van der Waals surface area contributed by atoms with Crippen LogP contribution in [0.3, 0.4) is 0 Å². The zero-order chi connectivity index (χ0) is 10.4. The van der Waals surface area contributed by atoms with Crippen LogP contribution in [0.5, 0.6) is 0 Å². The molecule has 1 rings (SSSR count). The predicted molar refractivity (Wildman–Crippen MR) is 55.2 cm³/mol. The summed E-state index contributed by atoms with van der Waals surface area (Å²) in [7, 11) is 1.63. The summed E-state index contributed by atoms with van der Waals surface area (Å²) in [4.78, 5) is 11.4. The second-order valence-electron chi connectivity index (χ2n) is 2.74. The highest BCUT2D eigenvalue weighted by molar-refractivity contribution is 9.10. The molecule has 0 saturated carbocycles. The zero-order valence-electron chi connectivity index (χ0n) is 7.88. The first kappa shape index (κ1) is 11.3. The van der Waals surface area contributed by atoms with E-state index >= 15 is 0 Å². The Kier molecular flexibility index (Phi) is 4.69. The lowest BCUT2D eigenvalue weighted by molar-refractivity contribution is 0.0948. The van der Waals surface area contributed by atoms with Gasteiger partial charge in [0.05, 0.1) is 5.56 Å². The third kappa shape index (κ3) is 3.51. The van der Waals surface area contributed by atoms with Crippen LogP contribution < -0.4 is 5.32 Å². The van der Waals surface area contributed by atoms with Crippen molar-refractivity contribution < 1.29 is 13.9 Å². The number of nitrogens with one attached hydrogen (secondary N) is 1. The molecule has 0 atom stereocenters. The Morgan fingerprint density at radius 2 is 2.50 bits per heavy atom. The highest BCUT2D eigenvalue weighted by atomic mass is 79.9. The number of carbonyl (C=O) groups excluding carboxylic acids is 1. The Morgan fingerprint density at radius 3 is 3.07 bits per heavy atom. The third-order valence-corrected chi connectivity index (χ3v) is 2.06. The lowest BCUT2D eigenvalue weighted by atomic mass is 10.3. The molecular weight excluding hydrogens is 250 g/mol. The fourth-order valence-corrected chi connectivity index (χ4v) is 1.29. The highest BCUT2D eigenvalue weighted by Gasteiger charge is 2.07. The monoisotopic (exact) mass is 261 g/mol. The maximum atomic E-state index is 11.4. The highest BCUT2D eigenvalue weighted by Crippen LogP contribution is 2.13. The Labute approximate surface area is 90.7 Å². The minimum Gasteiger partial charge on any atom is -0.457 e. The average molecular weight is 262 g/mol. The fraction of sp³-hybridized carbons (Fsp3) is 0.444. The van der Waals surface area contributed by atoms with Gasteiger partial charge in [0, 0.05) is 26.3 Å². The first-order valence-corrected chi connectivity index (χ1v) is 5.04. The van der Waals surface area contributed by atoms with Crippen molar-refractivity contribution in [1.29, 1.82) is 0 Å². The van der Waals surface area contributed by atoms with Gasteiger partial charge in [0.1, 0.15) is 6.26 Å². The van der Waals surface area contributed by atoms with E-state index in [0.29, 0.717) is 23.4 Å². The van der Waals surface area contributed by atoms with E-state index in [9.17, 15) is 4.79 Å². The van der Waals surface area contributed by atoms with Gasteiger partial charge in [-0.25, -0.2) is 0 Å². The number of hydrogen-bond acceptors (Lipinski definition) is 3. The Hall–Kier alpha value is -0.810. The van der Waals surface area contributed by atoms with Gasteiger partial charge in [0.25, 0.3) is 5.91 Å². The van der Waals surface area contributed by atoms with Gasteiger partial charge in [-0.1, -0.05) is 0 Å². The molecule has 0 unspecified atom stereocenters. The quantitative estimate of drug-likeness (QED) is 0.823. The SMILES string of the molecule is COCCCNC(=O)c1coc(Br)c1. The molecule has 4 nitrogen and oxygen atoms in total. The topological polar surface area (TPSA) is 51.5 Å². The lowest BCUT2D eigenvalue weighted by Gasteiger charge is -2.01. The van der Waals surface area contributed by atoms with Crippen LogP contribution in [0.15, 0.2) is 21.4 Å². The van der Waals surface area contributed by atoms with Gasteiger partial charge in [0.15, 0.2) is 4.67 Å². The number of rotatable bonds is 5. The summed E-state index contributed by atoms with van der Waals surface area (Å²) >= 11 is 3.13. The molecule has 1 N–H and O–H groups in total. The smallest absolute Gasteiger partial charge is 0.254 e. The van der Waals surface area contributed by atoms with Crippen molar-refractivity contribution in [3.63, 3.8) is 0 Å². The molecule has 14 heavy (non-hydrogen) atoms. The summed E-state index contributed by atoms with van der Waals surface area (Å²) in [5.41, 5.74) is 0.522. The molecule has 78 valence electrons. The standard InChI is InChI=1S/C9H12BrNO3/c1-13-4-2-3-11-9(12)7-5-8(10)14-6-7/h5-6H,2-4H2,1H3,(H,11,12). The summed E-state index contributed by atoms with van der Waals surface area (Å²) in [6.45, 7) is 1.25. The first-order valence-electron chi connectivity index (χ1n) is 4.25. The van der Waals surface area contributed by atoms with Crippen molar-refractivity contribution in [1.82, 2.24) is 5.32 Å². The van der Waals surface area contributed by atoms with E-state index in [1.807, 2.05) is 0 Å². The molecular formula is C9H12BrNO3. The molecule has 0 saturated heterocycles. The Morgan fingerprint density at radius 1 is 1.71 bits per heavy atom. The van der Waals surface area contributed by atoms with E-state index in [-0.39, 0.29) is 5.91 Å². The van der Waals surface area contributed by atoms with Crippen molar-refractivity contribution in [3.8, 4) is 0 Å². The molecule has 5 heteroatoms. The van der Waals surface area contributed by atoms with Crippen molar-refractivity contribution in [2.75, 3.05) is 20.3 Å². The van der Waals surface area contributed by atoms with Crippen molar-refractivity contribution in [2.24, 2.45) is 0 Å². The van der Waals surface area contributed by atoms with Crippen LogP contribution in [0, 0.1) is 0 Å². The second-order valence-corrected chi connectivity index (χ2v) is 3.52. The van der Waals surface area contributed by atoms with E-state index in [1.54, 1.807) is 13.2 Å². The largest absolute Gasteiger partial charge is 0.457 e. The number of amides is 1. The summed E-state index contributed by atoms with van der Waals surface area (Å²) in [6.07, 6.45) is 2.22. The van der Waals surface area contributed by atoms with E-state index < -0.39 is 0 Å². The number of carbonyl (C=O) groups is 1. The van der Waals surface area contributed by atoms with Crippen molar-refractivity contribution in [2.45, 2.75) is 6.42 Å². The van der Waals surface area contributed by atoms with Gasteiger partial charge in [-0.15, -0.1) is 0 Å². The van der Waals surface area contributed by atoms with E-state index in [1.165, 1.54) is 6.26 Å². The number of hydrogen-bond donors (Lipinski definition) is 1. The van der Waals surface area contributed by atoms with Gasteiger partial charge in [-0.3, -0.25) is 4.79 Å². The molecule has 0 fully saturated rings. The van der Waals surface area contributed by atoms with Gasteiger partial charge >= 0.3 is 0 Å². The summed E-state index contributed by atoms with van der Waals surface area (Å²) < 4.78 is 10.4. The molecule has 0 aromatic carbocycles. The van der Waals surface area contributed by atoms with E-state index in [4.69, 9.17) is 9.15 Å². The predicted octanol–water partition coefficient (Wildman–Crippen LogP) is 1.81. The van der Waals surface area contributed by atoms with Crippen LogP contribution in [0.1, 0.15) is 16.8 Å². The molecule has 0 spiro atoms. The Bertz CT molecular complexity index is 298. The minimum absolute atomic E-state index is 0.129. The Balaban J connectivity index is 2.29. The van der Waals surface area contributed by atoms with Crippen LogP contribution in [0.4, 0.5) is 0 Å². The van der Waals surface area contributed by atoms with Gasteiger partial charge < -0.3 is 14.5 Å². The van der Waals surface area contributed by atoms with Gasteiger partial charge in [-0.2, -0.15) is 0 Å². The van der Waals surface area contributed by atoms with Crippen LogP contribution in [0.25, 0.3) is 0 Å². The number of methoxy groups -OCH3 is 1. The summed E-state index contributed by atoms with van der Waals surface area (Å²) in [6, 6.07) is 1.63. The molecule has 1 aromatic rings. The third-order valence-electron chi connectivity index (χ3n) is 1.64. The van der Waals surface area contributed by atoms with Gasteiger partial charge in [-0.05, 0) is 22.4 Å². The fourth-order valence-electron chi connectivity index (χ4n) is 0.950. The molecule has 1 aromatic heterocycles. The minimum atomic E-state index is -0.129. The van der Waals surface area contributed by atoms with Crippen molar-refractivity contribution in [3.05, 3.63) is 22.6 Å². The number of ether oxygens (including phenoxy) is 1.